The van der Waals surface area contributed by atoms with Gasteiger partial charge < -0.3 is 10.1 Å². The fourth-order valence-electron chi connectivity index (χ4n) is 4.41. The van der Waals surface area contributed by atoms with Crippen LogP contribution in [0.5, 0.6) is 5.75 Å². The van der Waals surface area contributed by atoms with E-state index in [1.807, 2.05) is 67.6 Å². The van der Waals surface area contributed by atoms with Crippen LogP contribution >= 0.6 is 0 Å². The van der Waals surface area contributed by atoms with Crippen molar-refractivity contribution < 1.29 is 17.9 Å². The Morgan fingerprint density at radius 2 is 1.49 bits per heavy atom. The van der Waals surface area contributed by atoms with Crippen molar-refractivity contribution in [1.29, 1.82) is 0 Å². The first-order chi connectivity index (χ1) is 17.8. The molecule has 0 fully saturated rings. The van der Waals surface area contributed by atoms with Crippen molar-refractivity contribution in [2.45, 2.75) is 37.6 Å². The van der Waals surface area contributed by atoms with E-state index in [2.05, 4.69) is 10.0 Å². The molecule has 0 aliphatic carbocycles. The Morgan fingerprint density at radius 3 is 2.19 bits per heavy atom. The molecule has 0 saturated heterocycles. The van der Waals surface area contributed by atoms with Crippen molar-refractivity contribution in [3.63, 3.8) is 0 Å². The van der Waals surface area contributed by atoms with Crippen LogP contribution < -0.4 is 14.8 Å². The number of carbonyl (C=O) groups is 1. The van der Waals surface area contributed by atoms with Crippen LogP contribution in [0.25, 0.3) is 10.8 Å². The number of hydrogen-bond donors (Lipinski definition) is 2. The zero-order valence-electron chi connectivity index (χ0n) is 21.2. The summed E-state index contributed by atoms with van der Waals surface area (Å²) in [5, 5.41) is 4.34. The minimum absolute atomic E-state index is 0.193. The smallest absolute Gasteiger partial charge is 0.238 e. The minimum atomic E-state index is -3.86. The van der Waals surface area contributed by atoms with Crippen LogP contribution in [0.3, 0.4) is 0 Å². The Bertz CT molecular complexity index is 1450. The van der Waals surface area contributed by atoms with Crippen molar-refractivity contribution in [3.8, 4) is 5.75 Å². The van der Waals surface area contributed by atoms with Gasteiger partial charge in [0.25, 0.3) is 0 Å². The van der Waals surface area contributed by atoms with Gasteiger partial charge in [0.1, 0.15) is 11.8 Å². The molecule has 1 unspecified atom stereocenters. The van der Waals surface area contributed by atoms with E-state index >= 15 is 0 Å². The van der Waals surface area contributed by atoms with Gasteiger partial charge in [-0.15, -0.1) is 0 Å². The van der Waals surface area contributed by atoms with Crippen molar-refractivity contribution in [2.24, 2.45) is 0 Å². The highest BCUT2D eigenvalue weighted by atomic mass is 32.2. The van der Waals surface area contributed by atoms with Crippen LogP contribution in [0.2, 0.25) is 0 Å². The maximum absolute atomic E-state index is 13.6. The number of amides is 1. The third-order valence-corrected chi connectivity index (χ3v) is 8.42. The lowest BCUT2D eigenvalue weighted by atomic mass is 9.99. The molecule has 0 heterocycles. The highest BCUT2D eigenvalue weighted by Gasteiger charge is 2.30. The van der Waals surface area contributed by atoms with E-state index in [1.54, 1.807) is 50.4 Å². The summed E-state index contributed by atoms with van der Waals surface area (Å²) in [5.74, 6) is 0.299. The maximum Gasteiger partial charge on any atom is 0.238 e. The highest BCUT2D eigenvalue weighted by molar-refractivity contribution is 7.89. The maximum atomic E-state index is 13.6. The van der Waals surface area contributed by atoms with Crippen molar-refractivity contribution in [2.75, 3.05) is 7.11 Å². The molecule has 3 atom stereocenters. The predicted octanol–water partition coefficient (Wildman–Crippen LogP) is 5.32. The molecule has 0 aliphatic rings. The lowest BCUT2D eigenvalue weighted by Gasteiger charge is -2.24. The summed E-state index contributed by atoms with van der Waals surface area (Å²) in [6.07, 6.45) is 0.193. The standard InChI is InChI=1S/C30H32N2O4S/c1-21(27-15-9-13-25-12-7-8-14-28(25)27)31-30(33)29(20-23-16-18-26(36-3)19-17-23)32-37(34,35)22(2)24-10-5-4-6-11-24/h4-19,21-22,29,32H,20H2,1-3H3,(H,31,33)/t21-,22?,29-/m0/s1. The molecule has 0 bridgehead atoms. The van der Waals surface area contributed by atoms with Gasteiger partial charge in [-0.25, -0.2) is 13.1 Å². The molecule has 4 aromatic carbocycles. The zero-order chi connectivity index (χ0) is 26.4. The number of carbonyl (C=O) groups excluding carboxylic acids is 1. The van der Waals surface area contributed by atoms with Crippen molar-refractivity contribution in [1.82, 2.24) is 10.0 Å². The largest absolute Gasteiger partial charge is 0.497 e. The van der Waals surface area contributed by atoms with E-state index in [-0.39, 0.29) is 18.4 Å². The van der Waals surface area contributed by atoms with Crippen molar-refractivity contribution in [3.05, 3.63) is 114 Å². The first-order valence-corrected chi connectivity index (χ1v) is 13.8. The molecule has 0 spiro atoms. The summed E-state index contributed by atoms with van der Waals surface area (Å²) < 4.78 is 34.6. The Hall–Kier alpha value is -3.68. The van der Waals surface area contributed by atoms with Gasteiger partial charge in [0.2, 0.25) is 15.9 Å². The monoisotopic (exact) mass is 516 g/mol. The van der Waals surface area contributed by atoms with E-state index in [1.165, 1.54) is 0 Å². The molecule has 6 nitrogen and oxygen atoms in total. The summed E-state index contributed by atoms with van der Waals surface area (Å²) in [7, 11) is -2.28. The second-order valence-corrected chi connectivity index (χ2v) is 11.2. The van der Waals surface area contributed by atoms with Crippen molar-refractivity contribution >= 4 is 26.7 Å². The minimum Gasteiger partial charge on any atom is -0.497 e. The lowest BCUT2D eigenvalue weighted by molar-refractivity contribution is -0.123. The third-order valence-electron chi connectivity index (χ3n) is 6.60. The number of rotatable bonds is 10. The van der Waals surface area contributed by atoms with E-state index in [9.17, 15) is 13.2 Å². The Kier molecular flexibility index (Phi) is 8.26. The van der Waals surface area contributed by atoms with Gasteiger partial charge >= 0.3 is 0 Å². The Labute approximate surface area is 218 Å². The average Bonchev–Trinajstić information content (AvgIpc) is 2.92. The Balaban J connectivity index is 1.60. The van der Waals surface area contributed by atoms with Gasteiger partial charge in [0.15, 0.2) is 0 Å². The number of fused-ring (bicyclic) bond motifs is 1. The first kappa shape index (κ1) is 26.4. The molecule has 0 radical (unpaired) electrons. The van der Waals surface area contributed by atoms with E-state index in [4.69, 9.17) is 4.74 Å². The molecule has 192 valence electrons. The summed E-state index contributed by atoms with van der Waals surface area (Å²) in [4.78, 5) is 13.6. The fraction of sp³-hybridized carbons (Fsp3) is 0.233. The summed E-state index contributed by atoms with van der Waals surface area (Å²) in [6.45, 7) is 3.53. The van der Waals surface area contributed by atoms with Gasteiger partial charge in [0.05, 0.1) is 18.4 Å². The van der Waals surface area contributed by atoms with E-state index in [0.29, 0.717) is 11.3 Å². The second-order valence-electron chi connectivity index (χ2n) is 9.12. The topological polar surface area (TPSA) is 84.5 Å². The van der Waals surface area contributed by atoms with Gasteiger partial charge in [-0.3, -0.25) is 4.79 Å². The van der Waals surface area contributed by atoms with Gasteiger partial charge in [-0.05, 0) is 59.9 Å². The quantitative estimate of drug-likeness (QED) is 0.299. The van der Waals surface area contributed by atoms with Crippen LogP contribution in [0.4, 0.5) is 0 Å². The number of hydrogen-bond acceptors (Lipinski definition) is 4. The average molecular weight is 517 g/mol. The zero-order valence-corrected chi connectivity index (χ0v) is 22.0. The molecule has 37 heavy (non-hydrogen) atoms. The second kappa shape index (κ2) is 11.6. The fourth-order valence-corrected chi connectivity index (χ4v) is 5.72. The van der Waals surface area contributed by atoms with Gasteiger partial charge in [0, 0.05) is 0 Å². The lowest BCUT2D eigenvalue weighted by Crippen LogP contribution is -2.49. The number of nitrogens with one attached hydrogen (secondary N) is 2. The van der Waals surface area contributed by atoms with Crippen LogP contribution in [-0.4, -0.2) is 27.5 Å². The number of sulfonamides is 1. The molecular formula is C30H32N2O4S. The molecule has 4 aromatic rings. The molecule has 1 amide bonds. The first-order valence-electron chi connectivity index (χ1n) is 12.3. The van der Waals surface area contributed by atoms with E-state index in [0.717, 1.165) is 21.9 Å². The molecule has 4 rings (SSSR count). The summed E-state index contributed by atoms with van der Waals surface area (Å²) >= 11 is 0. The SMILES string of the molecule is COc1ccc(C[C@H](NS(=O)(=O)C(C)c2ccccc2)C(=O)N[C@@H](C)c2cccc3ccccc23)cc1. The third kappa shape index (κ3) is 6.37. The van der Waals surface area contributed by atoms with Crippen LogP contribution in [0, 0.1) is 0 Å². The normalized spacial score (nSPS) is 14.0. The molecule has 2 N–H and O–H groups in total. The number of ether oxygens (including phenoxy) is 1. The molecule has 0 aromatic heterocycles. The number of methoxy groups -OCH3 is 1. The number of benzene rings is 4. The summed E-state index contributed by atoms with van der Waals surface area (Å²) in [6, 6.07) is 28.9. The molecule has 7 heteroatoms. The molecule has 0 saturated carbocycles. The van der Waals surface area contributed by atoms with Crippen LogP contribution in [0.15, 0.2) is 97.1 Å². The van der Waals surface area contributed by atoms with Gasteiger partial charge in [-0.2, -0.15) is 0 Å². The van der Waals surface area contributed by atoms with E-state index < -0.39 is 21.3 Å². The van der Waals surface area contributed by atoms with Crippen LogP contribution in [-0.2, 0) is 21.2 Å². The van der Waals surface area contributed by atoms with Gasteiger partial charge in [-0.1, -0.05) is 84.9 Å². The molecular weight excluding hydrogens is 484 g/mol. The molecule has 0 aliphatic heterocycles. The summed E-state index contributed by atoms with van der Waals surface area (Å²) in [5.41, 5.74) is 2.44. The predicted molar refractivity (Wildman–Crippen MR) is 148 cm³/mol. The Morgan fingerprint density at radius 1 is 0.838 bits per heavy atom. The van der Waals surface area contributed by atoms with Crippen LogP contribution in [0.1, 0.15) is 41.8 Å². The highest BCUT2D eigenvalue weighted by Crippen LogP contribution is 2.25.